The van der Waals surface area contributed by atoms with Gasteiger partial charge in [-0.05, 0) is 60.8 Å². The fourth-order valence-electron chi connectivity index (χ4n) is 2.78. The lowest BCUT2D eigenvalue weighted by atomic mass is 9.86. The van der Waals surface area contributed by atoms with Gasteiger partial charge in [-0.25, -0.2) is 0 Å². The summed E-state index contributed by atoms with van der Waals surface area (Å²) in [4.78, 5) is 0. The fraction of sp³-hybridized carbons (Fsp3) is 0.429. The van der Waals surface area contributed by atoms with E-state index in [1.54, 1.807) is 0 Å². The minimum atomic E-state index is 0.248. The van der Waals surface area contributed by atoms with Crippen LogP contribution in [0, 0.1) is 13.8 Å². The summed E-state index contributed by atoms with van der Waals surface area (Å²) in [6.45, 7) is 11.2. The van der Waals surface area contributed by atoms with E-state index in [-0.39, 0.29) is 5.41 Å². The molecular weight excluding hydrogens is 252 g/mol. The third kappa shape index (κ3) is 4.46. The van der Waals surface area contributed by atoms with Crippen LogP contribution in [0.15, 0.2) is 42.5 Å². The lowest BCUT2D eigenvalue weighted by Crippen LogP contribution is -2.10. The smallest absolute Gasteiger partial charge is 0.0132 e. The predicted octanol–water partition coefficient (Wildman–Crippen LogP) is 5.78. The summed E-state index contributed by atoms with van der Waals surface area (Å²) in [6, 6.07) is 15.9. The third-order valence-electron chi connectivity index (χ3n) is 4.23. The van der Waals surface area contributed by atoms with E-state index in [0.717, 1.165) is 6.42 Å². The Bertz CT molecular complexity index is 582. The van der Waals surface area contributed by atoms with Crippen LogP contribution in [-0.2, 0) is 18.3 Å². The van der Waals surface area contributed by atoms with Crippen LogP contribution in [0.3, 0.4) is 0 Å². The Morgan fingerprint density at radius 3 is 2.05 bits per heavy atom. The van der Waals surface area contributed by atoms with Gasteiger partial charge in [-0.3, -0.25) is 0 Å². The second kappa shape index (κ2) is 6.47. The molecule has 2 aromatic carbocycles. The molecule has 0 aliphatic rings. The monoisotopic (exact) mass is 280 g/mol. The molecule has 0 aromatic heterocycles. The molecule has 2 rings (SSSR count). The first-order valence-electron chi connectivity index (χ1n) is 8.02. The molecule has 0 fully saturated rings. The van der Waals surface area contributed by atoms with Crippen LogP contribution in [0.2, 0.25) is 0 Å². The van der Waals surface area contributed by atoms with Crippen molar-refractivity contribution in [2.75, 3.05) is 0 Å². The van der Waals surface area contributed by atoms with Gasteiger partial charge in [0.25, 0.3) is 0 Å². The minimum absolute atomic E-state index is 0.248. The standard InChI is InChI=1S/C21H28/c1-16-9-12-19(17(2)15-16)8-6-7-18-10-13-20(14-11-18)21(3,4)5/h9-15H,6-8H2,1-5H3. The van der Waals surface area contributed by atoms with Gasteiger partial charge in [-0.1, -0.05) is 68.8 Å². The summed E-state index contributed by atoms with van der Waals surface area (Å²) in [5, 5.41) is 0. The van der Waals surface area contributed by atoms with E-state index < -0.39 is 0 Å². The Kier molecular flexibility index (Phi) is 4.88. The second-order valence-electron chi connectivity index (χ2n) is 7.23. The molecule has 0 saturated carbocycles. The summed E-state index contributed by atoms with van der Waals surface area (Å²) in [6.07, 6.45) is 3.56. The maximum absolute atomic E-state index is 2.29. The van der Waals surface area contributed by atoms with Crippen molar-refractivity contribution in [3.63, 3.8) is 0 Å². The molecule has 2 aromatic rings. The maximum Gasteiger partial charge on any atom is -0.0132 e. The highest BCUT2D eigenvalue weighted by Gasteiger charge is 2.12. The lowest BCUT2D eigenvalue weighted by molar-refractivity contribution is 0.590. The zero-order valence-electron chi connectivity index (χ0n) is 14.2. The number of aryl methyl sites for hydroxylation is 4. The Morgan fingerprint density at radius 1 is 0.810 bits per heavy atom. The molecular formula is C21H28. The Labute approximate surface area is 130 Å². The Morgan fingerprint density at radius 2 is 1.48 bits per heavy atom. The number of hydrogen-bond donors (Lipinski definition) is 0. The van der Waals surface area contributed by atoms with Gasteiger partial charge < -0.3 is 0 Å². The van der Waals surface area contributed by atoms with Gasteiger partial charge in [0.05, 0.1) is 0 Å². The van der Waals surface area contributed by atoms with Gasteiger partial charge in [0.1, 0.15) is 0 Å². The zero-order valence-corrected chi connectivity index (χ0v) is 14.2. The molecule has 0 aliphatic carbocycles. The first kappa shape index (κ1) is 15.8. The predicted molar refractivity (Wildman–Crippen MR) is 93.1 cm³/mol. The Balaban J connectivity index is 1.91. The van der Waals surface area contributed by atoms with Crippen molar-refractivity contribution in [2.24, 2.45) is 0 Å². The highest BCUT2D eigenvalue weighted by molar-refractivity contribution is 5.31. The van der Waals surface area contributed by atoms with Crippen LogP contribution in [0.5, 0.6) is 0 Å². The first-order chi connectivity index (χ1) is 9.86. The highest BCUT2D eigenvalue weighted by Crippen LogP contribution is 2.22. The van der Waals surface area contributed by atoms with Crippen LogP contribution in [0.1, 0.15) is 55.0 Å². The average molecular weight is 280 g/mol. The van der Waals surface area contributed by atoms with E-state index in [1.807, 2.05) is 0 Å². The number of rotatable bonds is 4. The van der Waals surface area contributed by atoms with Crippen molar-refractivity contribution < 1.29 is 0 Å². The van der Waals surface area contributed by atoms with Gasteiger partial charge in [-0.2, -0.15) is 0 Å². The molecule has 0 unspecified atom stereocenters. The summed E-state index contributed by atoms with van der Waals surface area (Å²) in [5.74, 6) is 0. The van der Waals surface area contributed by atoms with E-state index in [0.29, 0.717) is 0 Å². The molecule has 0 saturated heterocycles. The molecule has 0 aliphatic heterocycles. The Hall–Kier alpha value is -1.56. The zero-order chi connectivity index (χ0) is 15.5. The summed E-state index contributed by atoms with van der Waals surface area (Å²) >= 11 is 0. The molecule has 0 radical (unpaired) electrons. The van der Waals surface area contributed by atoms with Crippen molar-refractivity contribution in [1.82, 2.24) is 0 Å². The maximum atomic E-state index is 2.29. The molecule has 0 nitrogen and oxygen atoms in total. The SMILES string of the molecule is Cc1ccc(CCCc2ccc(C(C)(C)C)cc2)c(C)c1. The van der Waals surface area contributed by atoms with Crippen LogP contribution in [0.4, 0.5) is 0 Å². The normalized spacial score (nSPS) is 11.7. The molecule has 0 heterocycles. The summed E-state index contributed by atoms with van der Waals surface area (Å²) in [5.41, 5.74) is 7.39. The van der Waals surface area contributed by atoms with Crippen molar-refractivity contribution >= 4 is 0 Å². The van der Waals surface area contributed by atoms with Crippen molar-refractivity contribution in [2.45, 2.75) is 59.3 Å². The topological polar surface area (TPSA) is 0 Å². The third-order valence-corrected chi connectivity index (χ3v) is 4.23. The molecule has 0 N–H and O–H groups in total. The van der Waals surface area contributed by atoms with Crippen LogP contribution in [-0.4, -0.2) is 0 Å². The second-order valence-corrected chi connectivity index (χ2v) is 7.23. The number of benzene rings is 2. The van der Waals surface area contributed by atoms with Crippen LogP contribution in [0.25, 0.3) is 0 Å². The summed E-state index contributed by atoms with van der Waals surface area (Å²) < 4.78 is 0. The molecule has 0 bridgehead atoms. The first-order valence-corrected chi connectivity index (χ1v) is 8.02. The molecule has 112 valence electrons. The lowest BCUT2D eigenvalue weighted by Gasteiger charge is -2.19. The largest absolute Gasteiger partial charge is 0.0590 e. The van der Waals surface area contributed by atoms with E-state index in [2.05, 4.69) is 77.1 Å². The van der Waals surface area contributed by atoms with Gasteiger partial charge in [-0.15, -0.1) is 0 Å². The van der Waals surface area contributed by atoms with Gasteiger partial charge in [0.2, 0.25) is 0 Å². The van der Waals surface area contributed by atoms with E-state index >= 15 is 0 Å². The highest BCUT2D eigenvalue weighted by atomic mass is 14.2. The molecule has 0 spiro atoms. The van der Waals surface area contributed by atoms with Crippen molar-refractivity contribution in [3.05, 3.63) is 70.3 Å². The van der Waals surface area contributed by atoms with Crippen LogP contribution >= 0.6 is 0 Å². The van der Waals surface area contributed by atoms with Crippen molar-refractivity contribution in [3.8, 4) is 0 Å². The van der Waals surface area contributed by atoms with Gasteiger partial charge >= 0.3 is 0 Å². The van der Waals surface area contributed by atoms with Crippen molar-refractivity contribution in [1.29, 1.82) is 0 Å². The van der Waals surface area contributed by atoms with E-state index in [9.17, 15) is 0 Å². The number of hydrogen-bond acceptors (Lipinski definition) is 0. The van der Waals surface area contributed by atoms with Crippen LogP contribution < -0.4 is 0 Å². The quantitative estimate of drug-likeness (QED) is 0.666. The molecule has 21 heavy (non-hydrogen) atoms. The summed E-state index contributed by atoms with van der Waals surface area (Å²) in [7, 11) is 0. The minimum Gasteiger partial charge on any atom is -0.0590 e. The average Bonchev–Trinajstić information content (AvgIpc) is 2.41. The molecule has 0 atom stereocenters. The van der Waals surface area contributed by atoms with E-state index in [4.69, 9.17) is 0 Å². The molecule has 0 amide bonds. The van der Waals surface area contributed by atoms with E-state index in [1.165, 1.54) is 40.7 Å². The van der Waals surface area contributed by atoms with Gasteiger partial charge in [0, 0.05) is 0 Å². The molecule has 0 heteroatoms. The van der Waals surface area contributed by atoms with Gasteiger partial charge in [0.15, 0.2) is 0 Å². The fourth-order valence-corrected chi connectivity index (χ4v) is 2.78.